The van der Waals surface area contributed by atoms with Gasteiger partial charge in [0.15, 0.2) is 15.5 Å². The SMILES string of the molecule is O=S(=O)(CCN1CCC(Nc2nc3ncccc3[nH]2)CC1)c1ccccc1. The van der Waals surface area contributed by atoms with Gasteiger partial charge in [-0.2, -0.15) is 4.98 Å². The molecule has 8 heteroatoms. The van der Waals surface area contributed by atoms with E-state index in [1.807, 2.05) is 18.2 Å². The molecule has 2 aromatic heterocycles. The molecule has 27 heavy (non-hydrogen) atoms. The first kappa shape index (κ1) is 17.9. The van der Waals surface area contributed by atoms with Crippen LogP contribution in [-0.4, -0.2) is 59.7 Å². The molecule has 1 aliphatic rings. The van der Waals surface area contributed by atoms with Crippen molar-refractivity contribution in [3.05, 3.63) is 48.7 Å². The molecule has 2 N–H and O–H groups in total. The number of sulfone groups is 1. The Labute approximate surface area is 158 Å². The van der Waals surface area contributed by atoms with E-state index < -0.39 is 9.84 Å². The minimum absolute atomic E-state index is 0.157. The molecule has 0 bridgehead atoms. The van der Waals surface area contributed by atoms with Crippen molar-refractivity contribution in [1.29, 1.82) is 0 Å². The number of rotatable bonds is 6. The third kappa shape index (κ3) is 4.28. The third-order valence-corrected chi connectivity index (χ3v) is 6.67. The number of benzene rings is 1. The minimum Gasteiger partial charge on any atom is -0.353 e. The molecule has 1 aliphatic heterocycles. The van der Waals surface area contributed by atoms with Crippen LogP contribution in [0.1, 0.15) is 12.8 Å². The van der Waals surface area contributed by atoms with Gasteiger partial charge in [-0.15, -0.1) is 0 Å². The Hall–Kier alpha value is -2.45. The second-order valence-corrected chi connectivity index (χ2v) is 8.96. The highest BCUT2D eigenvalue weighted by Crippen LogP contribution is 2.18. The smallest absolute Gasteiger partial charge is 0.202 e. The Morgan fingerprint density at radius 1 is 1.11 bits per heavy atom. The van der Waals surface area contributed by atoms with Crippen LogP contribution in [0.15, 0.2) is 53.6 Å². The highest BCUT2D eigenvalue weighted by Gasteiger charge is 2.22. The molecule has 1 fully saturated rings. The molecule has 0 atom stereocenters. The Morgan fingerprint density at radius 3 is 2.63 bits per heavy atom. The van der Waals surface area contributed by atoms with Crippen LogP contribution < -0.4 is 5.32 Å². The highest BCUT2D eigenvalue weighted by molar-refractivity contribution is 7.91. The fraction of sp³-hybridized carbons (Fsp3) is 0.368. The molecule has 4 rings (SSSR count). The van der Waals surface area contributed by atoms with Crippen molar-refractivity contribution >= 4 is 26.9 Å². The first-order chi connectivity index (χ1) is 13.1. The maximum atomic E-state index is 12.4. The zero-order valence-corrected chi connectivity index (χ0v) is 15.8. The number of nitrogens with zero attached hydrogens (tertiary/aromatic N) is 3. The number of likely N-dealkylation sites (tertiary alicyclic amines) is 1. The quantitative estimate of drug-likeness (QED) is 0.677. The number of aromatic nitrogens is 3. The van der Waals surface area contributed by atoms with E-state index in [4.69, 9.17) is 0 Å². The van der Waals surface area contributed by atoms with E-state index in [1.165, 1.54) is 0 Å². The van der Waals surface area contributed by atoms with E-state index in [0.29, 0.717) is 23.1 Å². The first-order valence-electron chi connectivity index (χ1n) is 9.18. The van der Waals surface area contributed by atoms with Gasteiger partial charge in [-0.25, -0.2) is 13.4 Å². The van der Waals surface area contributed by atoms with Gasteiger partial charge in [0.25, 0.3) is 0 Å². The lowest BCUT2D eigenvalue weighted by atomic mass is 10.1. The molecule has 3 aromatic rings. The van der Waals surface area contributed by atoms with Crippen LogP contribution in [0.5, 0.6) is 0 Å². The normalized spacial score (nSPS) is 16.6. The molecular formula is C19H23N5O2S. The van der Waals surface area contributed by atoms with Crippen molar-refractivity contribution in [2.45, 2.75) is 23.8 Å². The molecule has 7 nitrogen and oxygen atoms in total. The van der Waals surface area contributed by atoms with Crippen LogP contribution in [0.4, 0.5) is 5.95 Å². The van der Waals surface area contributed by atoms with Crippen LogP contribution in [0.25, 0.3) is 11.2 Å². The van der Waals surface area contributed by atoms with Crippen molar-refractivity contribution in [2.24, 2.45) is 0 Å². The number of piperidine rings is 1. The van der Waals surface area contributed by atoms with Gasteiger partial charge < -0.3 is 15.2 Å². The number of pyridine rings is 1. The Balaban J connectivity index is 1.27. The van der Waals surface area contributed by atoms with Gasteiger partial charge in [0.2, 0.25) is 5.95 Å². The van der Waals surface area contributed by atoms with E-state index in [-0.39, 0.29) is 5.75 Å². The van der Waals surface area contributed by atoms with E-state index in [0.717, 1.165) is 37.4 Å². The second-order valence-electron chi connectivity index (χ2n) is 6.85. The summed E-state index contributed by atoms with van der Waals surface area (Å²) in [5, 5.41) is 3.44. The zero-order chi connectivity index (χ0) is 18.7. The molecule has 0 spiro atoms. The number of H-pyrrole nitrogens is 1. The van der Waals surface area contributed by atoms with Gasteiger partial charge in [-0.05, 0) is 37.1 Å². The second kappa shape index (κ2) is 7.66. The molecule has 3 heterocycles. The predicted octanol–water partition coefficient (Wildman–Crippen LogP) is 2.31. The zero-order valence-electron chi connectivity index (χ0n) is 15.0. The fourth-order valence-corrected chi connectivity index (χ4v) is 4.71. The number of anilines is 1. The number of fused-ring (bicyclic) bond motifs is 1. The largest absolute Gasteiger partial charge is 0.353 e. The number of imidazole rings is 1. The lowest BCUT2D eigenvalue weighted by molar-refractivity contribution is 0.230. The number of hydrogen-bond donors (Lipinski definition) is 2. The van der Waals surface area contributed by atoms with Crippen LogP contribution in [0.3, 0.4) is 0 Å². The molecule has 0 aliphatic carbocycles. The number of hydrogen-bond acceptors (Lipinski definition) is 6. The number of aromatic amines is 1. The summed E-state index contributed by atoms with van der Waals surface area (Å²) in [5.41, 5.74) is 1.63. The third-order valence-electron chi connectivity index (χ3n) is 4.96. The lowest BCUT2D eigenvalue weighted by Crippen LogP contribution is -2.41. The van der Waals surface area contributed by atoms with Crippen LogP contribution in [0, 0.1) is 0 Å². The van der Waals surface area contributed by atoms with Crippen LogP contribution in [0.2, 0.25) is 0 Å². The summed E-state index contributed by atoms with van der Waals surface area (Å²) in [6.07, 6.45) is 3.64. The summed E-state index contributed by atoms with van der Waals surface area (Å²) in [6.45, 7) is 2.32. The summed E-state index contributed by atoms with van der Waals surface area (Å²) < 4.78 is 24.8. The van der Waals surface area contributed by atoms with Crippen molar-refractivity contribution in [3.8, 4) is 0 Å². The van der Waals surface area contributed by atoms with Gasteiger partial charge >= 0.3 is 0 Å². The van der Waals surface area contributed by atoms with Crippen LogP contribution in [-0.2, 0) is 9.84 Å². The van der Waals surface area contributed by atoms with Gasteiger partial charge in [0.1, 0.15) is 0 Å². The molecular weight excluding hydrogens is 362 g/mol. The topological polar surface area (TPSA) is 91.0 Å². The van der Waals surface area contributed by atoms with E-state index in [9.17, 15) is 8.42 Å². The van der Waals surface area contributed by atoms with E-state index in [1.54, 1.807) is 30.5 Å². The standard InChI is InChI=1S/C19H23N5O2S/c25-27(26,16-5-2-1-3-6-16)14-13-24-11-8-15(9-12-24)21-19-22-17-7-4-10-20-18(17)23-19/h1-7,10,15H,8-9,11-14H2,(H2,20,21,22,23). The maximum Gasteiger partial charge on any atom is 0.202 e. The summed E-state index contributed by atoms with van der Waals surface area (Å²) in [5.74, 6) is 0.901. The van der Waals surface area contributed by atoms with Gasteiger partial charge in [-0.3, -0.25) is 0 Å². The minimum atomic E-state index is -3.22. The average molecular weight is 385 g/mol. The average Bonchev–Trinajstić information content (AvgIpc) is 3.10. The monoisotopic (exact) mass is 385 g/mol. The molecule has 0 unspecified atom stereocenters. The summed E-state index contributed by atoms with van der Waals surface area (Å²) >= 11 is 0. The lowest BCUT2D eigenvalue weighted by Gasteiger charge is -2.32. The predicted molar refractivity (Wildman–Crippen MR) is 105 cm³/mol. The van der Waals surface area contributed by atoms with Crippen LogP contribution >= 0.6 is 0 Å². The molecule has 142 valence electrons. The molecule has 0 saturated carbocycles. The van der Waals surface area contributed by atoms with Crippen molar-refractivity contribution < 1.29 is 8.42 Å². The highest BCUT2D eigenvalue weighted by atomic mass is 32.2. The molecule has 0 radical (unpaired) electrons. The van der Waals surface area contributed by atoms with Gasteiger partial charge in [0.05, 0.1) is 16.2 Å². The van der Waals surface area contributed by atoms with Crippen molar-refractivity contribution in [1.82, 2.24) is 19.9 Å². The van der Waals surface area contributed by atoms with Gasteiger partial charge in [0, 0.05) is 31.9 Å². The van der Waals surface area contributed by atoms with Gasteiger partial charge in [-0.1, -0.05) is 18.2 Å². The first-order valence-corrected chi connectivity index (χ1v) is 10.8. The molecule has 1 aromatic carbocycles. The summed E-state index contributed by atoms with van der Waals surface area (Å²) in [7, 11) is -3.22. The Kier molecular flexibility index (Phi) is 5.09. The van der Waals surface area contributed by atoms with E-state index >= 15 is 0 Å². The summed E-state index contributed by atoms with van der Waals surface area (Å²) in [6, 6.07) is 12.8. The fourth-order valence-electron chi connectivity index (χ4n) is 3.40. The summed E-state index contributed by atoms with van der Waals surface area (Å²) in [4.78, 5) is 14.6. The molecule has 0 amide bonds. The van der Waals surface area contributed by atoms with Crippen molar-refractivity contribution in [2.75, 3.05) is 30.7 Å². The molecule has 1 saturated heterocycles. The Bertz CT molecular complexity index is 962. The number of nitrogens with one attached hydrogen (secondary N) is 2. The Morgan fingerprint density at radius 2 is 1.89 bits per heavy atom. The van der Waals surface area contributed by atoms with E-state index in [2.05, 4.69) is 25.2 Å². The maximum absolute atomic E-state index is 12.4. The van der Waals surface area contributed by atoms with Crippen molar-refractivity contribution in [3.63, 3.8) is 0 Å².